The Bertz CT molecular complexity index is 837. The SMILES string of the molecule is Cc1c([C@H](C)N)sc2c(NCc3ccco3)cc(C3C[I-]3)nc12. The molecular formula is C17H19IN3OS-. The molecule has 4 rings (SSSR count). The van der Waals surface area contributed by atoms with Crippen LogP contribution in [0, 0.1) is 6.92 Å². The van der Waals surface area contributed by atoms with Gasteiger partial charge in [-0.1, -0.05) is 0 Å². The number of fused-ring (bicyclic) bond motifs is 1. The third-order valence-electron chi connectivity index (χ3n) is 4.01. The van der Waals surface area contributed by atoms with Crippen molar-refractivity contribution in [3.8, 4) is 0 Å². The summed E-state index contributed by atoms with van der Waals surface area (Å²) in [7, 11) is 0. The quantitative estimate of drug-likeness (QED) is 0.459. The van der Waals surface area contributed by atoms with Gasteiger partial charge < -0.3 is 0 Å². The number of aromatic nitrogens is 1. The van der Waals surface area contributed by atoms with Crippen molar-refractivity contribution < 1.29 is 25.6 Å². The van der Waals surface area contributed by atoms with E-state index >= 15 is 0 Å². The molecule has 0 aliphatic carbocycles. The zero-order valence-corrected chi connectivity index (χ0v) is 16.1. The van der Waals surface area contributed by atoms with Crippen LogP contribution in [0.2, 0.25) is 0 Å². The predicted octanol–water partition coefficient (Wildman–Crippen LogP) is 0.973. The van der Waals surface area contributed by atoms with Crippen LogP contribution >= 0.6 is 11.3 Å². The van der Waals surface area contributed by atoms with Gasteiger partial charge in [-0.15, -0.1) is 0 Å². The van der Waals surface area contributed by atoms with Gasteiger partial charge in [-0.05, 0) is 0 Å². The van der Waals surface area contributed by atoms with Gasteiger partial charge in [0.1, 0.15) is 0 Å². The molecule has 1 fully saturated rings. The normalized spacial score (nSPS) is 18.7. The molecule has 0 saturated carbocycles. The molecule has 3 aromatic heterocycles. The minimum absolute atomic E-state index is 0.0453. The number of hydrogen-bond donors (Lipinski definition) is 2. The van der Waals surface area contributed by atoms with Crippen molar-refractivity contribution in [1.82, 2.24) is 4.98 Å². The van der Waals surface area contributed by atoms with Crippen LogP contribution < -0.4 is 32.3 Å². The van der Waals surface area contributed by atoms with E-state index < -0.39 is 0 Å². The Morgan fingerprint density at radius 1 is 1.57 bits per heavy atom. The number of hydrogen-bond acceptors (Lipinski definition) is 5. The average Bonchev–Trinajstić information content (AvgIpc) is 3.15. The molecule has 0 amide bonds. The molecular weight excluding hydrogens is 421 g/mol. The van der Waals surface area contributed by atoms with E-state index in [1.54, 1.807) is 17.6 Å². The van der Waals surface area contributed by atoms with E-state index in [1.807, 2.05) is 19.1 Å². The van der Waals surface area contributed by atoms with Crippen molar-refractivity contribution in [3.63, 3.8) is 0 Å². The molecule has 1 saturated heterocycles. The summed E-state index contributed by atoms with van der Waals surface area (Å²) in [6, 6.07) is 6.20. The van der Waals surface area contributed by atoms with Gasteiger partial charge in [-0.3, -0.25) is 0 Å². The number of pyridine rings is 1. The van der Waals surface area contributed by atoms with Gasteiger partial charge in [0.25, 0.3) is 0 Å². The fourth-order valence-corrected chi connectivity index (χ4v) is 5.41. The molecule has 2 atom stereocenters. The number of anilines is 1. The van der Waals surface area contributed by atoms with E-state index in [0.717, 1.165) is 20.9 Å². The predicted molar refractivity (Wildman–Crippen MR) is 90.6 cm³/mol. The van der Waals surface area contributed by atoms with Gasteiger partial charge in [-0.25, -0.2) is 0 Å². The van der Waals surface area contributed by atoms with Crippen LogP contribution in [0.4, 0.5) is 5.69 Å². The number of nitrogens with two attached hydrogens (primary N) is 1. The van der Waals surface area contributed by atoms with Crippen molar-refractivity contribution in [2.45, 2.75) is 30.4 Å². The van der Waals surface area contributed by atoms with Crippen LogP contribution in [0.15, 0.2) is 28.9 Å². The van der Waals surface area contributed by atoms with Gasteiger partial charge in [0, 0.05) is 0 Å². The van der Waals surface area contributed by atoms with Gasteiger partial charge >= 0.3 is 150 Å². The molecule has 0 radical (unpaired) electrons. The van der Waals surface area contributed by atoms with Crippen LogP contribution in [0.5, 0.6) is 0 Å². The van der Waals surface area contributed by atoms with Crippen LogP contribution in [-0.2, 0) is 6.54 Å². The third kappa shape index (κ3) is 2.99. The first kappa shape index (κ1) is 15.4. The first-order valence-electron chi connectivity index (χ1n) is 7.67. The number of aryl methyl sites for hydroxylation is 1. The fraction of sp³-hybridized carbons (Fsp3) is 0.353. The Kier molecular flexibility index (Phi) is 4.07. The number of alkyl halides is 2. The minimum atomic E-state index is 0.0453. The van der Waals surface area contributed by atoms with Crippen molar-refractivity contribution in [1.29, 1.82) is 0 Å². The molecule has 122 valence electrons. The zero-order chi connectivity index (χ0) is 16.0. The first-order chi connectivity index (χ1) is 11.1. The summed E-state index contributed by atoms with van der Waals surface area (Å²) in [6.45, 7) is 4.88. The Balaban J connectivity index is 1.78. The molecule has 3 aromatic rings. The number of rotatable bonds is 5. The molecule has 6 heteroatoms. The summed E-state index contributed by atoms with van der Waals surface area (Å²) in [5.74, 6) is 0.941. The molecule has 4 heterocycles. The van der Waals surface area contributed by atoms with Gasteiger partial charge in [-0.2, -0.15) is 0 Å². The fourth-order valence-electron chi connectivity index (χ4n) is 2.74. The second-order valence-corrected chi connectivity index (χ2v) is 10.2. The first-order valence-corrected chi connectivity index (χ1v) is 11.3. The summed E-state index contributed by atoms with van der Waals surface area (Å²) in [4.78, 5) is 6.20. The summed E-state index contributed by atoms with van der Waals surface area (Å²) >= 11 is 2.10. The number of nitrogens with one attached hydrogen (secondary N) is 1. The van der Waals surface area contributed by atoms with Crippen molar-refractivity contribution >= 4 is 27.2 Å². The molecule has 23 heavy (non-hydrogen) atoms. The van der Waals surface area contributed by atoms with Crippen LogP contribution in [0.1, 0.15) is 38.8 Å². The number of halogens is 1. The number of nitrogens with zero attached hydrogens (tertiary/aromatic N) is 1. The monoisotopic (exact) mass is 440 g/mol. The number of furan rings is 1. The summed E-state index contributed by atoms with van der Waals surface area (Å²) in [5.41, 5.74) is 10.9. The van der Waals surface area contributed by atoms with Crippen LogP contribution in [-0.4, -0.2) is 9.41 Å². The Hall–Kier alpha value is -1.12. The van der Waals surface area contributed by atoms with E-state index in [4.69, 9.17) is 15.1 Å². The van der Waals surface area contributed by atoms with Crippen molar-refractivity contribution in [3.05, 3.63) is 46.4 Å². The van der Waals surface area contributed by atoms with E-state index in [9.17, 15) is 0 Å². The average molecular weight is 440 g/mol. The standard InChI is InChI=1S/C17H19IN3OS/c1-9-15-17(23-16(9)10(2)19)14(6-13(21-15)12-7-18-12)20-8-11-4-3-5-22-11/h3-6,10,12H,7-8,19H2,1-2H3,(H,20,21)/q-1/t10-,12?/m0/s1. The van der Waals surface area contributed by atoms with E-state index in [0.29, 0.717) is 27.7 Å². The summed E-state index contributed by atoms with van der Waals surface area (Å²) in [5, 5.41) is 3.54. The Morgan fingerprint density at radius 2 is 2.39 bits per heavy atom. The van der Waals surface area contributed by atoms with Crippen molar-refractivity contribution in [2.24, 2.45) is 5.73 Å². The Labute approximate surface area is 149 Å². The summed E-state index contributed by atoms with van der Waals surface area (Å²) in [6.07, 6.45) is 1.71. The van der Waals surface area contributed by atoms with Crippen molar-refractivity contribution in [2.75, 3.05) is 9.74 Å². The molecule has 1 aliphatic heterocycles. The van der Waals surface area contributed by atoms with Gasteiger partial charge in [0.2, 0.25) is 0 Å². The van der Waals surface area contributed by atoms with E-state index in [1.165, 1.54) is 25.3 Å². The maximum atomic E-state index is 6.14. The molecule has 0 aromatic carbocycles. The molecule has 1 unspecified atom stereocenters. The molecule has 0 spiro atoms. The summed E-state index contributed by atoms with van der Waals surface area (Å²) < 4.78 is 8.74. The third-order valence-corrected chi connectivity index (χ3v) is 7.92. The number of thiophene rings is 1. The van der Waals surface area contributed by atoms with E-state index in [2.05, 4.69) is 18.3 Å². The molecule has 1 aliphatic rings. The van der Waals surface area contributed by atoms with Crippen LogP contribution in [0.3, 0.4) is 0 Å². The van der Waals surface area contributed by atoms with Gasteiger partial charge in [0.05, 0.1) is 0 Å². The van der Waals surface area contributed by atoms with Crippen LogP contribution in [0.25, 0.3) is 10.2 Å². The van der Waals surface area contributed by atoms with Gasteiger partial charge in [0.15, 0.2) is 0 Å². The maximum absolute atomic E-state index is 6.14. The Morgan fingerprint density at radius 3 is 3.04 bits per heavy atom. The van der Waals surface area contributed by atoms with E-state index in [-0.39, 0.29) is 6.04 Å². The second-order valence-electron chi connectivity index (χ2n) is 5.86. The second kappa shape index (κ2) is 6.07. The molecule has 4 nitrogen and oxygen atoms in total. The topological polar surface area (TPSA) is 64.1 Å². The molecule has 0 bridgehead atoms. The zero-order valence-electron chi connectivity index (χ0n) is 13.1. The molecule has 3 N–H and O–H groups in total.